The fourth-order valence-corrected chi connectivity index (χ4v) is 3.47. The monoisotopic (exact) mass is 348 g/mol. The third kappa shape index (κ3) is 4.92. The predicted octanol–water partition coefficient (Wildman–Crippen LogP) is 1.32. The summed E-state index contributed by atoms with van der Waals surface area (Å²) < 4.78 is 12.9. The molecular weight excluding hydrogens is 323 g/mol. The molecule has 3 rings (SSSR count). The molecule has 25 heavy (non-hydrogen) atoms. The van der Waals surface area contributed by atoms with Crippen molar-refractivity contribution < 1.29 is 14.0 Å². The summed E-state index contributed by atoms with van der Waals surface area (Å²) >= 11 is 0. The average Bonchev–Trinajstić information content (AvgIpc) is 3.06. The van der Waals surface area contributed by atoms with Gasteiger partial charge in [0.15, 0.2) is 0 Å². The first-order valence-corrected chi connectivity index (χ1v) is 8.90. The highest BCUT2D eigenvalue weighted by atomic mass is 19.1. The number of halogens is 1. The summed E-state index contributed by atoms with van der Waals surface area (Å²) in [7, 11) is 0. The second kappa shape index (κ2) is 8.29. The summed E-state index contributed by atoms with van der Waals surface area (Å²) in [6, 6.07) is 6.41. The Bertz CT molecular complexity index is 608. The van der Waals surface area contributed by atoms with Crippen LogP contribution in [0.1, 0.15) is 24.8 Å². The first kappa shape index (κ1) is 17.7. The number of rotatable bonds is 6. The van der Waals surface area contributed by atoms with Gasteiger partial charge in [0.25, 0.3) is 0 Å². The molecule has 0 aliphatic carbocycles. The van der Waals surface area contributed by atoms with Gasteiger partial charge in [0.1, 0.15) is 5.82 Å². The van der Waals surface area contributed by atoms with Crippen LogP contribution in [0.15, 0.2) is 24.3 Å². The number of nitrogens with zero attached hydrogens (tertiary/aromatic N) is 2. The van der Waals surface area contributed by atoms with Gasteiger partial charge < -0.3 is 20.4 Å². The number of hydrogen-bond donors (Lipinski definition) is 2. The van der Waals surface area contributed by atoms with Crippen molar-refractivity contribution in [3.8, 4) is 0 Å². The Hall–Kier alpha value is -2.15. The normalized spacial score (nSPS) is 21.2. The Balaban J connectivity index is 1.39. The molecule has 2 saturated heterocycles. The van der Waals surface area contributed by atoms with E-state index in [2.05, 4.69) is 15.5 Å². The van der Waals surface area contributed by atoms with Crippen LogP contribution in [-0.4, -0.2) is 60.5 Å². The van der Waals surface area contributed by atoms with Crippen molar-refractivity contribution in [1.29, 1.82) is 0 Å². The zero-order valence-corrected chi connectivity index (χ0v) is 14.3. The summed E-state index contributed by atoms with van der Waals surface area (Å²) in [5.74, 6) is -0.285. The van der Waals surface area contributed by atoms with E-state index in [1.165, 1.54) is 12.1 Å². The van der Waals surface area contributed by atoms with Gasteiger partial charge in [-0.1, -0.05) is 12.1 Å². The molecule has 1 aromatic carbocycles. The van der Waals surface area contributed by atoms with Crippen molar-refractivity contribution in [1.82, 2.24) is 20.4 Å². The molecule has 0 unspecified atom stereocenters. The van der Waals surface area contributed by atoms with Crippen LogP contribution < -0.4 is 10.6 Å². The fraction of sp³-hybridized carbons (Fsp3) is 0.556. The molecule has 0 radical (unpaired) electrons. The second-order valence-corrected chi connectivity index (χ2v) is 6.68. The highest BCUT2D eigenvalue weighted by molar-refractivity contribution is 5.76. The van der Waals surface area contributed by atoms with E-state index in [4.69, 9.17) is 0 Å². The number of carbonyl (C=O) groups excluding carboxylic acids is 2. The molecule has 0 saturated carbocycles. The molecule has 2 aliphatic rings. The third-order valence-electron chi connectivity index (χ3n) is 4.87. The van der Waals surface area contributed by atoms with Gasteiger partial charge in [0.05, 0.1) is 0 Å². The van der Waals surface area contributed by atoms with Gasteiger partial charge in [0, 0.05) is 45.2 Å². The van der Waals surface area contributed by atoms with Crippen molar-refractivity contribution in [3.05, 3.63) is 35.6 Å². The average molecular weight is 348 g/mol. The molecule has 136 valence electrons. The molecule has 2 heterocycles. The first-order valence-electron chi connectivity index (χ1n) is 8.90. The molecule has 0 spiro atoms. The van der Waals surface area contributed by atoms with Crippen LogP contribution in [0.25, 0.3) is 0 Å². The first-order chi connectivity index (χ1) is 12.1. The molecule has 0 aromatic heterocycles. The van der Waals surface area contributed by atoms with Crippen LogP contribution in [0, 0.1) is 5.82 Å². The maximum Gasteiger partial charge on any atom is 0.317 e. The van der Waals surface area contributed by atoms with Crippen LogP contribution in [-0.2, 0) is 11.3 Å². The Morgan fingerprint density at radius 1 is 1.28 bits per heavy atom. The zero-order valence-electron chi connectivity index (χ0n) is 14.3. The van der Waals surface area contributed by atoms with Crippen molar-refractivity contribution in [2.45, 2.75) is 31.8 Å². The van der Waals surface area contributed by atoms with Crippen LogP contribution in [0.3, 0.4) is 0 Å². The van der Waals surface area contributed by atoms with E-state index in [0.29, 0.717) is 19.5 Å². The lowest BCUT2D eigenvalue weighted by molar-refractivity contribution is -0.121. The minimum Gasteiger partial charge on any atom is -0.352 e. The molecule has 7 heteroatoms. The molecule has 2 N–H and O–H groups in total. The number of nitrogens with one attached hydrogen (secondary N) is 2. The van der Waals surface area contributed by atoms with Gasteiger partial charge in [-0.15, -0.1) is 0 Å². The largest absolute Gasteiger partial charge is 0.352 e. The molecular formula is C18H25FN4O2. The Morgan fingerprint density at radius 3 is 2.80 bits per heavy atom. The maximum absolute atomic E-state index is 12.9. The van der Waals surface area contributed by atoms with Crippen molar-refractivity contribution >= 4 is 11.9 Å². The number of carbonyl (C=O) groups is 2. The summed E-state index contributed by atoms with van der Waals surface area (Å²) in [5.41, 5.74) is 0.882. The van der Waals surface area contributed by atoms with E-state index in [0.717, 1.165) is 44.6 Å². The number of benzene rings is 1. The molecule has 0 bridgehead atoms. The molecule has 2 fully saturated rings. The van der Waals surface area contributed by atoms with Crippen LogP contribution in [0.2, 0.25) is 0 Å². The Kier molecular flexibility index (Phi) is 5.86. The van der Waals surface area contributed by atoms with Crippen LogP contribution >= 0.6 is 0 Å². The van der Waals surface area contributed by atoms with Gasteiger partial charge in [-0.3, -0.25) is 4.79 Å². The lowest BCUT2D eigenvalue weighted by Crippen LogP contribution is -2.49. The second-order valence-electron chi connectivity index (χ2n) is 6.68. The van der Waals surface area contributed by atoms with Crippen molar-refractivity contribution in [2.75, 3.05) is 32.7 Å². The summed E-state index contributed by atoms with van der Waals surface area (Å²) in [4.78, 5) is 28.0. The topological polar surface area (TPSA) is 64.7 Å². The lowest BCUT2D eigenvalue weighted by Gasteiger charge is -2.36. The highest BCUT2D eigenvalue weighted by Gasteiger charge is 2.31. The number of amides is 3. The minimum absolute atomic E-state index is 0.00892. The molecule has 6 nitrogen and oxygen atoms in total. The van der Waals surface area contributed by atoms with E-state index < -0.39 is 0 Å². The predicted molar refractivity (Wildman–Crippen MR) is 92.4 cm³/mol. The molecule has 1 atom stereocenters. The van der Waals surface area contributed by atoms with Crippen molar-refractivity contribution in [2.24, 2.45) is 0 Å². The summed E-state index contributed by atoms with van der Waals surface area (Å²) in [6.45, 7) is 4.41. The highest BCUT2D eigenvalue weighted by Crippen LogP contribution is 2.17. The number of piperidine rings is 1. The van der Waals surface area contributed by atoms with Crippen LogP contribution in [0.5, 0.6) is 0 Å². The zero-order chi connectivity index (χ0) is 17.6. The molecule has 3 amide bonds. The number of hydrogen-bond acceptors (Lipinski definition) is 3. The van der Waals surface area contributed by atoms with Gasteiger partial charge in [-0.2, -0.15) is 0 Å². The van der Waals surface area contributed by atoms with Gasteiger partial charge >= 0.3 is 6.03 Å². The smallest absolute Gasteiger partial charge is 0.317 e. The number of likely N-dealkylation sites (tertiary alicyclic amines) is 1. The standard InChI is InChI=1S/C18H25FN4O2/c19-15-5-3-14(4-6-15)12-21-17(24)7-10-22-9-1-2-16(13-22)23-11-8-20-18(23)25/h3-6,16H,1-2,7-13H2,(H,20,25)(H,21,24)/t16-/m1/s1. The van der Waals surface area contributed by atoms with Crippen molar-refractivity contribution in [3.63, 3.8) is 0 Å². The maximum atomic E-state index is 12.9. The SMILES string of the molecule is O=C(CCN1CCC[C@@H](N2CCNC2=O)C1)NCc1ccc(F)cc1. The minimum atomic E-state index is -0.276. The van der Waals surface area contributed by atoms with Gasteiger partial charge in [0.2, 0.25) is 5.91 Å². The van der Waals surface area contributed by atoms with E-state index in [-0.39, 0.29) is 23.8 Å². The molecule has 2 aliphatic heterocycles. The van der Waals surface area contributed by atoms with Gasteiger partial charge in [-0.05, 0) is 37.1 Å². The fourth-order valence-electron chi connectivity index (χ4n) is 3.47. The Morgan fingerprint density at radius 2 is 2.08 bits per heavy atom. The molecule has 1 aromatic rings. The third-order valence-corrected chi connectivity index (χ3v) is 4.87. The van der Waals surface area contributed by atoms with Gasteiger partial charge in [-0.25, -0.2) is 9.18 Å². The van der Waals surface area contributed by atoms with Crippen LogP contribution in [0.4, 0.5) is 9.18 Å². The summed E-state index contributed by atoms with van der Waals surface area (Å²) in [6.07, 6.45) is 2.51. The quantitative estimate of drug-likeness (QED) is 0.815. The lowest BCUT2D eigenvalue weighted by atomic mass is 10.0. The van der Waals surface area contributed by atoms with E-state index in [1.54, 1.807) is 12.1 Å². The van der Waals surface area contributed by atoms with E-state index in [1.807, 2.05) is 4.90 Å². The summed E-state index contributed by atoms with van der Waals surface area (Å²) in [5, 5.41) is 5.72. The van der Waals surface area contributed by atoms with E-state index >= 15 is 0 Å². The Labute approximate surface area is 147 Å². The van der Waals surface area contributed by atoms with E-state index in [9.17, 15) is 14.0 Å². The number of urea groups is 1.